The number of nitrogens with one attached hydrogen (secondary N) is 1. The van der Waals surface area contributed by atoms with Crippen LogP contribution in [0.3, 0.4) is 0 Å². The van der Waals surface area contributed by atoms with Gasteiger partial charge in [0.1, 0.15) is 17.3 Å². The highest BCUT2D eigenvalue weighted by Crippen LogP contribution is 2.38. The Labute approximate surface area is 244 Å². The Morgan fingerprint density at radius 1 is 1.29 bits per heavy atom. The van der Waals surface area contributed by atoms with Gasteiger partial charge in [-0.15, -0.1) is 0 Å². The van der Waals surface area contributed by atoms with E-state index in [4.69, 9.17) is 10.5 Å². The number of carbonyl (C=O) groups excluding carboxylic acids is 2. The van der Waals surface area contributed by atoms with Crippen LogP contribution in [-0.2, 0) is 36.0 Å². The van der Waals surface area contributed by atoms with Crippen LogP contribution in [0.15, 0.2) is 52.2 Å². The first-order valence-corrected chi connectivity index (χ1v) is 14.0. The summed E-state index contributed by atoms with van der Waals surface area (Å²) in [6.07, 6.45) is 8.22. The number of aliphatic imine (C=N–C) groups is 1. The summed E-state index contributed by atoms with van der Waals surface area (Å²) in [5.74, 6) is 0.399. The molecule has 1 saturated heterocycles. The van der Waals surface area contributed by atoms with Crippen LogP contribution in [0.25, 0.3) is 11.1 Å². The number of morpholine rings is 1. The first-order valence-electron chi connectivity index (χ1n) is 14.0. The summed E-state index contributed by atoms with van der Waals surface area (Å²) >= 11 is 0. The van der Waals surface area contributed by atoms with E-state index >= 15 is 0 Å². The van der Waals surface area contributed by atoms with E-state index in [1.807, 2.05) is 0 Å². The van der Waals surface area contributed by atoms with Gasteiger partial charge in [-0.3, -0.25) is 19.3 Å². The molecule has 1 amide bonds. The SMILES string of the molecule is Cc1cc2c(n1CCN(C=O)c1nccc(-c3cc(N=C(N)/C=C4/COCCN4)c(=O)n(C)c3)c1C=O)CC(C)(C)C2. The van der Waals surface area contributed by atoms with Crippen molar-refractivity contribution in [1.29, 1.82) is 0 Å². The topological polar surface area (TPSA) is 137 Å². The van der Waals surface area contributed by atoms with E-state index in [2.05, 4.69) is 46.7 Å². The van der Waals surface area contributed by atoms with Gasteiger partial charge in [-0.05, 0) is 54.5 Å². The fourth-order valence-electron chi connectivity index (χ4n) is 5.86. The molecule has 1 aliphatic carbocycles. The number of nitrogens with zero attached hydrogens (tertiary/aromatic N) is 5. The van der Waals surface area contributed by atoms with Gasteiger partial charge >= 0.3 is 0 Å². The second-order valence-electron chi connectivity index (χ2n) is 11.7. The molecule has 0 radical (unpaired) electrons. The maximum absolute atomic E-state index is 12.9. The molecule has 0 aromatic carbocycles. The minimum Gasteiger partial charge on any atom is -0.384 e. The van der Waals surface area contributed by atoms with Crippen LogP contribution in [0.5, 0.6) is 0 Å². The second kappa shape index (κ2) is 11.8. The highest BCUT2D eigenvalue weighted by molar-refractivity contribution is 5.97. The third-order valence-electron chi connectivity index (χ3n) is 7.77. The quantitative estimate of drug-likeness (QED) is 0.229. The predicted octanol–water partition coefficient (Wildman–Crippen LogP) is 2.65. The number of amides is 1. The molecule has 2 aliphatic rings. The van der Waals surface area contributed by atoms with Crippen molar-refractivity contribution in [3.05, 3.63) is 75.2 Å². The Balaban J connectivity index is 1.46. The molecule has 4 heterocycles. The molecule has 220 valence electrons. The van der Waals surface area contributed by atoms with Gasteiger partial charge in [-0.25, -0.2) is 9.98 Å². The molecule has 0 bridgehead atoms. The Morgan fingerprint density at radius 3 is 2.81 bits per heavy atom. The molecule has 0 unspecified atom stereocenters. The standard InChI is InChI=1S/C31H37N7O4/c1-20-11-21-14-31(2,3)15-27(21)38(20)9-8-37(19-40)29-25(17-39)24(5-6-34-29)22-12-26(30(41)36(4)16-22)35-28(32)13-23-18-42-10-7-33-23/h5-6,11-13,16-17,19,33H,7-10,14-15,18H2,1-4H3,(H2,32,35)/b23-13-. The van der Waals surface area contributed by atoms with Crippen LogP contribution < -0.4 is 21.5 Å². The third kappa shape index (κ3) is 5.91. The number of amidine groups is 1. The van der Waals surface area contributed by atoms with Crippen molar-refractivity contribution in [3.8, 4) is 11.1 Å². The number of pyridine rings is 2. The molecule has 42 heavy (non-hydrogen) atoms. The summed E-state index contributed by atoms with van der Waals surface area (Å²) in [6, 6.07) is 5.50. The number of aromatic nitrogens is 3. The van der Waals surface area contributed by atoms with Gasteiger partial charge in [-0.2, -0.15) is 0 Å². The summed E-state index contributed by atoms with van der Waals surface area (Å²) in [4.78, 5) is 47.9. The lowest BCUT2D eigenvalue weighted by Gasteiger charge is -2.22. The highest BCUT2D eigenvalue weighted by atomic mass is 16.5. The summed E-state index contributed by atoms with van der Waals surface area (Å²) in [7, 11) is 1.61. The van der Waals surface area contributed by atoms with Crippen molar-refractivity contribution in [1.82, 2.24) is 19.4 Å². The third-order valence-corrected chi connectivity index (χ3v) is 7.77. The summed E-state index contributed by atoms with van der Waals surface area (Å²) in [6.45, 7) is 9.18. The average molecular weight is 572 g/mol. The molecular weight excluding hydrogens is 534 g/mol. The normalized spacial score (nSPS) is 17.1. The zero-order chi connectivity index (χ0) is 30.0. The minimum absolute atomic E-state index is 0.114. The molecule has 1 fully saturated rings. The summed E-state index contributed by atoms with van der Waals surface area (Å²) < 4.78 is 9.06. The maximum Gasteiger partial charge on any atom is 0.276 e. The average Bonchev–Trinajstić information content (AvgIpc) is 3.41. The van der Waals surface area contributed by atoms with Gasteiger partial charge in [0.2, 0.25) is 6.41 Å². The van der Waals surface area contributed by atoms with Crippen molar-refractivity contribution < 1.29 is 14.3 Å². The van der Waals surface area contributed by atoms with E-state index in [-0.39, 0.29) is 33.9 Å². The number of hydrogen-bond donors (Lipinski definition) is 2. The number of nitrogens with two attached hydrogens (primary N) is 1. The molecule has 0 spiro atoms. The lowest BCUT2D eigenvalue weighted by Crippen LogP contribution is -2.30. The van der Waals surface area contributed by atoms with E-state index in [9.17, 15) is 14.4 Å². The number of fused-ring (bicyclic) bond motifs is 1. The number of rotatable bonds is 9. The van der Waals surface area contributed by atoms with Crippen LogP contribution in [0.1, 0.15) is 41.2 Å². The first kappa shape index (κ1) is 29.0. The zero-order valence-electron chi connectivity index (χ0n) is 24.5. The molecule has 3 aromatic rings. The van der Waals surface area contributed by atoms with Gasteiger partial charge < -0.3 is 24.9 Å². The lowest BCUT2D eigenvalue weighted by molar-refractivity contribution is -0.107. The van der Waals surface area contributed by atoms with E-state index in [0.717, 1.165) is 24.2 Å². The van der Waals surface area contributed by atoms with Gasteiger partial charge in [0.05, 0.1) is 18.8 Å². The van der Waals surface area contributed by atoms with Crippen molar-refractivity contribution in [3.63, 3.8) is 0 Å². The number of carbonyl (C=O) groups is 2. The van der Waals surface area contributed by atoms with Crippen LogP contribution >= 0.6 is 0 Å². The first-order chi connectivity index (χ1) is 20.1. The molecule has 0 saturated carbocycles. The predicted molar refractivity (Wildman–Crippen MR) is 162 cm³/mol. The number of aryl methyl sites for hydroxylation is 2. The van der Waals surface area contributed by atoms with Crippen molar-refractivity contribution >= 4 is 30.0 Å². The molecule has 5 rings (SSSR count). The molecule has 11 heteroatoms. The Bertz CT molecular complexity index is 1640. The van der Waals surface area contributed by atoms with Crippen LogP contribution in [-0.4, -0.2) is 59.0 Å². The van der Waals surface area contributed by atoms with Crippen LogP contribution in [0.4, 0.5) is 11.5 Å². The van der Waals surface area contributed by atoms with E-state index < -0.39 is 0 Å². The zero-order valence-corrected chi connectivity index (χ0v) is 24.5. The highest BCUT2D eigenvalue weighted by Gasteiger charge is 2.32. The Kier molecular flexibility index (Phi) is 8.13. The van der Waals surface area contributed by atoms with Crippen LogP contribution in [0.2, 0.25) is 0 Å². The summed E-state index contributed by atoms with van der Waals surface area (Å²) in [5.41, 5.74) is 12.0. The van der Waals surface area contributed by atoms with Gasteiger partial charge in [0.15, 0.2) is 6.29 Å². The smallest absolute Gasteiger partial charge is 0.276 e. The Morgan fingerprint density at radius 2 is 2.10 bits per heavy atom. The number of anilines is 1. The van der Waals surface area contributed by atoms with E-state index in [1.165, 1.54) is 20.7 Å². The molecule has 11 nitrogen and oxygen atoms in total. The fraction of sp³-hybridized carbons (Fsp3) is 0.387. The monoisotopic (exact) mass is 571 g/mol. The maximum atomic E-state index is 12.9. The van der Waals surface area contributed by atoms with Gasteiger partial charge in [-0.1, -0.05) is 13.8 Å². The Hall–Kier alpha value is -4.51. The number of ether oxygens (including phenoxy) is 1. The minimum atomic E-state index is -0.345. The molecular formula is C31H37N7O4. The number of hydrogen-bond acceptors (Lipinski definition) is 7. The van der Waals surface area contributed by atoms with Crippen LogP contribution in [0, 0.1) is 12.3 Å². The molecule has 3 N–H and O–H groups in total. The van der Waals surface area contributed by atoms with Gasteiger partial charge in [0.25, 0.3) is 5.56 Å². The molecule has 3 aromatic heterocycles. The van der Waals surface area contributed by atoms with Crippen molar-refractivity contribution in [2.75, 3.05) is 31.2 Å². The molecule has 0 atom stereocenters. The van der Waals surface area contributed by atoms with Crippen molar-refractivity contribution in [2.24, 2.45) is 23.2 Å². The van der Waals surface area contributed by atoms with Gasteiger partial charge in [0, 0.05) is 67.8 Å². The summed E-state index contributed by atoms with van der Waals surface area (Å²) in [5, 5.41) is 3.19. The molecule has 1 aliphatic heterocycles. The van der Waals surface area contributed by atoms with E-state index in [1.54, 1.807) is 37.7 Å². The number of aldehydes is 1. The largest absolute Gasteiger partial charge is 0.384 e. The lowest BCUT2D eigenvalue weighted by atomic mass is 9.90. The fourth-order valence-corrected chi connectivity index (χ4v) is 5.86. The van der Waals surface area contributed by atoms with E-state index in [0.29, 0.717) is 56.7 Å². The second-order valence-corrected chi connectivity index (χ2v) is 11.7. The van der Waals surface area contributed by atoms with Crippen molar-refractivity contribution in [2.45, 2.75) is 40.2 Å².